The van der Waals surface area contributed by atoms with Gasteiger partial charge in [0.15, 0.2) is 0 Å². The molecule has 1 aromatic carbocycles. The Kier molecular flexibility index (Phi) is 6.72. The molecule has 1 unspecified atom stereocenters. The van der Waals surface area contributed by atoms with Crippen LogP contribution in [0.3, 0.4) is 0 Å². The van der Waals surface area contributed by atoms with Gasteiger partial charge in [-0.15, -0.1) is 0 Å². The topological polar surface area (TPSA) is 55.9 Å². The van der Waals surface area contributed by atoms with E-state index in [0.717, 1.165) is 37.4 Å². The van der Waals surface area contributed by atoms with E-state index in [1.54, 1.807) is 4.90 Å². The molecular weight excluding hydrogens is 340 g/mol. The summed E-state index contributed by atoms with van der Waals surface area (Å²) in [4.78, 5) is 30.7. The summed E-state index contributed by atoms with van der Waals surface area (Å²) in [6, 6.07) is 7.68. The summed E-state index contributed by atoms with van der Waals surface area (Å²) < 4.78 is 0. The first-order valence-corrected chi connectivity index (χ1v) is 10.2. The first kappa shape index (κ1) is 19.7. The van der Waals surface area contributed by atoms with Gasteiger partial charge in [-0.1, -0.05) is 18.9 Å². The van der Waals surface area contributed by atoms with Crippen molar-refractivity contribution in [1.82, 2.24) is 9.80 Å². The zero-order valence-electron chi connectivity index (χ0n) is 16.6. The first-order chi connectivity index (χ1) is 13.0. The van der Waals surface area contributed by atoms with Gasteiger partial charge in [0.05, 0.1) is 0 Å². The molecule has 0 bridgehead atoms. The van der Waals surface area contributed by atoms with Crippen LogP contribution in [0.2, 0.25) is 0 Å². The fraction of sp³-hybridized carbons (Fsp3) is 0.619. The van der Waals surface area contributed by atoms with Gasteiger partial charge in [0, 0.05) is 44.0 Å². The van der Waals surface area contributed by atoms with Gasteiger partial charge in [-0.3, -0.25) is 4.79 Å². The number of nitrogens with zero attached hydrogens (tertiary/aromatic N) is 3. The summed E-state index contributed by atoms with van der Waals surface area (Å²) in [7, 11) is 1.84. The molecule has 2 fully saturated rings. The van der Waals surface area contributed by atoms with Gasteiger partial charge in [0.25, 0.3) is 0 Å². The Morgan fingerprint density at radius 2 is 1.96 bits per heavy atom. The van der Waals surface area contributed by atoms with Crippen LogP contribution in [-0.4, -0.2) is 61.0 Å². The van der Waals surface area contributed by atoms with Gasteiger partial charge in [0.1, 0.15) is 0 Å². The SMILES string of the molecule is CC1CCC(=O)N1c1cccc(NC(=O)N(C)CCN2CCCCCC2)c1. The Hall–Kier alpha value is -2.08. The van der Waals surface area contributed by atoms with E-state index in [2.05, 4.69) is 17.1 Å². The lowest BCUT2D eigenvalue weighted by atomic mass is 10.2. The molecule has 0 spiro atoms. The molecule has 2 aliphatic heterocycles. The summed E-state index contributed by atoms with van der Waals surface area (Å²) in [5.41, 5.74) is 1.58. The number of urea groups is 1. The summed E-state index contributed by atoms with van der Waals surface area (Å²) in [6.07, 6.45) is 6.64. The van der Waals surface area contributed by atoms with Crippen LogP contribution in [0.25, 0.3) is 0 Å². The molecule has 148 valence electrons. The Bertz CT molecular complexity index is 655. The van der Waals surface area contributed by atoms with E-state index in [1.807, 2.05) is 36.2 Å². The molecule has 3 amide bonds. The largest absolute Gasteiger partial charge is 0.326 e. The molecule has 6 nitrogen and oxygen atoms in total. The molecule has 0 aliphatic carbocycles. The monoisotopic (exact) mass is 372 g/mol. The van der Waals surface area contributed by atoms with Crippen LogP contribution in [0.15, 0.2) is 24.3 Å². The van der Waals surface area contributed by atoms with Crippen LogP contribution in [0.4, 0.5) is 16.2 Å². The third-order valence-electron chi connectivity index (χ3n) is 5.66. The van der Waals surface area contributed by atoms with Crippen molar-refractivity contribution in [3.05, 3.63) is 24.3 Å². The number of hydrogen-bond acceptors (Lipinski definition) is 3. The van der Waals surface area contributed by atoms with Gasteiger partial charge in [-0.2, -0.15) is 0 Å². The van der Waals surface area contributed by atoms with E-state index in [0.29, 0.717) is 13.0 Å². The predicted octanol–water partition coefficient (Wildman–Crippen LogP) is 3.54. The smallest absolute Gasteiger partial charge is 0.321 e. The van der Waals surface area contributed by atoms with Crippen molar-refractivity contribution in [2.24, 2.45) is 0 Å². The highest BCUT2D eigenvalue weighted by Gasteiger charge is 2.28. The number of amides is 3. The van der Waals surface area contributed by atoms with Gasteiger partial charge in [0.2, 0.25) is 5.91 Å². The molecule has 6 heteroatoms. The third-order valence-corrected chi connectivity index (χ3v) is 5.66. The molecule has 0 aromatic heterocycles. The number of likely N-dealkylation sites (N-methyl/N-ethyl adjacent to an activating group) is 1. The molecule has 2 saturated heterocycles. The molecule has 3 rings (SSSR count). The molecule has 1 atom stereocenters. The van der Waals surface area contributed by atoms with Crippen molar-refractivity contribution < 1.29 is 9.59 Å². The van der Waals surface area contributed by atoms with Crippen LogP contribution in [0, 0.1) is 0 Å². The first-order valence-electron chi connectivity index (χ1n) is 10.2. The summed E-state index contributed by atoms with van der Waals surface area (Å²) in [5, 5.41) is 2.97. The van der Waals surface area contributed by atoms with Crippen LogP contribution < -0.4 is 10.2 Å². The van der Waals surface area contributed by atoms with E-state index in [9.17, 15) is 9.59 Å². The third kappa shape index (κ3) is 5.22. The van der Waals surface area contributed by atoms with Crippen molar-refractivity contribution in [3.63, 3.8) is 0 Å². The predicted molar refractivity (Wildman–Crippen MR) is 109 cm³/mol. The molecule has 0 radical (unpaired) electrons. The zero-order chi connectivity index (χ0) is 19.2. The average molecular weight is 373 g/mol. The number of carbonyl (C=O) groups is 2. The molecule has 27 heavy (non-hydrogen) atoms. The van der Waals surface area contributed by atoms with E-state index >= 15 is 0 Å². The lowest BCUT2D eigenvalue weighted by Crippen LogP contribution is -2.38. The summed E-state index contributed by atoms with van der Waals surface area (Å²) >= 11 is 0. The van der Waals surface area contributed by atoms with Crippen molar-refractivity contribution in [2.75, 3.05) is 43.4 Å². The van der Waals surface area contributed by atoms with Crippen molar-refractivity contribution in [3.8, 4) is 0 Å². The van der Waals surface area contributed by atoms with Crippen LogP contribution >= 0.6 is 0 Å². The van der Waals surface area contributed by atoms with Crippen molar-refractivity contribution in [1.29, 1.82) is 0 Å². The highest BCUT2D eigenvalue weighted by atomic mass is 16.2. The van der Waals surface area contributed by atoms with Gasteiger partial charge in [-0.05, 0) is 57.5 Å². The molecular formula is C21H32N4O2. The van der Waals surface area contributed by atoms with E-state index in [1.165, 1.54) is 25.7 Å². The summed E-state index contributed by atoms with van der Waals surface area (Å²) in [6.45, 7) is 5.97. The number of anilines is 2. The fourth-order valence-electron chi connectivity index (χ4n) is 3.93. The highest BCUT2D eigenvalue weighted by molar-refractivity contribution is 5.97. The fourth-order valence-corrected chi connectivity index (χ4v) is 3.93. The second-order valence-electron chi connectivity index (χ2n) is 7.81. The Morgan fingerprint density at radius 3 is 2.63 bits per heavy atom. The highest BCUT2D eigenvalue weighted by Crippen LogP contribution is 2.28. The minimum absolute atomic E-state index is 0.109. The molecule has 1 N–H and O–H groups in total. The number of carbonyl (C=O) groups excluding carboxylic acids is 2. The van der Waals surface area contributed by atoms with Gasteiger partial charge < -0.3 is 20.0 Å². The van der Waals surface area contributed by atoms with Crippen molar-refractivity contribution in [2.45, 2.75) is 51.5 Å². The Labute approximate surface area is 162 Å². The normalized spacial score (nSPS) is 21.2. The lowest BCUT2D eigenvalue weighted by Gasteiger charge is -2.25. The molecule has 2 heterocycles. The van der Waals surface area contributed by atoms with Crippen LogP contribution in [-0.2, 0) is 4.79 Å². The minimum atomic E-state index is -0.109. The Balaban J connectivity index is 1.54. The van der Waals surface area contributed by atoms with E-state index < -0.39 is 0 Å². The van der Waals surface area contributed by atoms with Crippen LogP contribution in [0.1, 0.15) is 45.4 Å². The number of likely N-dealkylation sites (tertiary alicyclic amines) is 1. The second-order valence-corrected chi connectivity index (χ2v) is 7.81. The lowest BCUT2D eigenvalue weighted by molar-refractivity contribution is -0.117. The quantitative estimate of drug-likeness (QED) is 0.860. The maximum atomic E-state index is 12.5. The standard InChI is InChI=1S/C21H32N4O2/c1-17-10-11-20(26)25(17)19-9-7-8-18(16-19)22-21(27)23(2)14-15-24-12-5-3-4-6-13-24/h7-9,16-17H,3-6,10-15H2,1-2H3,(H,22,27). The van der Waals surface area contributed by atoms with Gasteiger partial charge >= 0.3 is 6.03 Å². The van der Waals surface area contributed by atoms with Crippen molar-refractivity contribution >= 4 is 23.3 Å². The average Bonchev–Trinajstić information content (AvgIpc) is 2.85. The number of nitrogens with one attached hydrogen (secondary N) is 1. The number of benzene rings is 1. The Morgan fingerprint density at radius 1 is 1.22 bits per heavy atom. The molecule has 0 saturated carbocycles. The summed E-state index contributed by atoms with van der Waals surface area (Å²) in [5.74, 6) is 0.153. The number of rotatable bonds is 5. The molecule has 1 aromatic rings. The van der Waals surface area contributed by atoms with Crippen LogP contribution in [0.5, 0.6) is 0 Å². The number of hydrogen-bond donors (Lipinski definition) is 1. The zero-order valence-corrected chi connectivity index (χ0v) is 16.6. The maximum absolute atomic E-state index is 12.5. The second kappa shape index (κ2) is 9.22. The molecule has 2 aliphatic rings. The maximum Gasteiger partial charge on any atom is 0.321 e. The minimum Gasteiger partial charge on any atom is -0.326 e. The van der Waals surface area contributed by atoms with E-state index in [4.69, 9.17) is 0 Å². The van der Waals surface area contributed by atoms with Gasteiger partial charge in [-0.25, -0.2) is 4.79 Å². The van der Waals surface area contributed by atoms with E-state index in [-0.39, 0.29) is 18.0 Å².